The van der Waals surface area contributed by atoms with Crippen LogP contribution < -0.4 is 0 Å². The summed E-state index contributed by atoms with van der Waals surface area (Å²) >= 11 is 0. The number of carbonyl (C=O) groups excluding carboxylic acids is 2. The number of rotatable bonds is 3. The number of amides is 3. The molecule has 0 aliphatic carbocycles. The molecule has 1 aromatic rings. The van der Waals surface area contributed by atoms with Gasteiger partial charge in [-0.05, 0) is 19.4 Å². The van der Waals surface area contributed by atoms with Crippen molar-refractivity contribution in [2.75, 3.05) is 13.1 Å². The third kappa shape index (κ3) is 2.56. The smallest absolute Gasteiger partial charge is 0.327 e. The summed E-state index contributed by atoms with van der Waals surface area (Å²) in [5, 5.41) is 4.00. The molecule has 0 radical (unpaired) electrons. The van der Waals surface area contributed by atoms with Gasteiger partial charge in [-0.15, -0.1) is 0 Å². The van der Waals surface area contributed by atoms with Gasteiger partial charge < -0.3 is 9.74 Å². The van der Waals surface area contributed by atoms with Crippen molar-refractivity contribution in [1.82, 2.24) is 9.80 Å². The normalized spacial score (nSPS) is 21.3. The van der Waals surface area contributed by atoms with E-state index in [1.165, 1.54) is 4.90 Å². The topological polar surface area (TPSA) is 62.2 Å². The molecule has 0 aromatic heterocycles. The lowest BCUT2D eigenvalue weighted by molar-refractivity contribution is -0.138. The van der Waals surface area contributed by atoms with Crippen molar-refractivity contribution in [2.45, 2.75) is 32.4 Å². The van der Waals surface area contributed by atoms with Gasteiger partial charge in [0.05, 0.1) is 5.71 Å². The minimum absolute atomic E-state index is 0.0888. The summed E-state index contributed by atoms with van der Waals surface area (Å²) in [6.45, 7) is 4.86. The number of hydrogen-bond acceptors (Lipinski definition) is 4. The molecule has 2 heterocycles. The van der Waals surface area contributed by atoms with Crippen LogP contribution in [0.2, 0.25) is 0 Å². The van der Waals surface area contributed by atoms with Crippen LogP contribution in [0.3, 0.4) is 0 Å². The molecule has 2 aliphatic rings. The fourth-order valence-electron chi connectivity index (χ4n) is 2.72. The Labute approximate surface area is 129 Å². The first-order valence-corrected chi connectivity index (χ1v) is 7.48. The van der Waals surface area contributed by atoms with Crippen LogP contribution in [0, 0.1) is 0 Å². The number of urea groups is 1. The second-order valence-electron chi connectivity index (χ2n) is 5.76. The molecule has 3 rings (SSSR count). The largest absolute Gasteiger partial charge is 0.382 e. The Morgan fingerprint density at radius 1 is 1.27 bits per heavy atom. The van der Waals surface area contributed by atoms with Gasteiger partial charge >= 0.3 is 6.03 Å². The molecule has 0 spiro atoms. The van der Waals surface area contributed by atoms with Crippen LogP contribution in [-0.4, -0.2) is 52.7 Å². The zero-order chi connectivity index (χ0) is 15.7. The summed E-state index contributed by atoms with van der Waals surface area (Å²) in [6, 6.07) is 9.45. The van der Waals surface area contributed by atoms with E-state index in [1.54, 1.807) is 4.90 Å². The van der Waals surface area contributed by atoms with Crippen LogP contribution in [0.25, 0.3) is 0 Å². The number of imide groups is 1. The van der Waals surface area contributed by atoms with Crippen molar-refractivity contribution in [2.24, 2.45) is 5.16 Å². The zero-order valence-corrected chi connectivity index (χ0v) is 12.7. The summed E-state index contributed by atoms with van der Waals surface area (Å²) in [5.74, 6) is -0.303. The highest BCUT2D eigenvalue weighted by Gasteiger charge is 2.40. The number of nitrogens with zero attached hydrogens (tertiary/aromatic N) is 3. The van der Waals surface area contributed by atoms with E-state index < -0.39 is 6.10 Å². The van der Waals surface area contributed by atoms with Crippen LogP contribution in [-0.2, 0) is 9.63 Å². The maximum Gasteiger partial charge on any atom is 0.327 e. The van der Waals surface area contributed by atoms with Gasteiger partial charge in [0.25, 0.3) is 5.91 Å². The average Bonchev–Trinajstić information content (AvgIpc) is 3.14. The van der Waals surface area contributed by atoms with E-state index in [0.29, 0.717) is 19.5 Å². The van der Waals surface area contributed by atoms with Gasteiger partial charge in [-0.3, -0.25) is 9.69 Å². The standard InChI is InChI=1S/C16H19N3O3/c1-11(2)18-8-9-19(16(18)21)15(20)14-10-13(17-22-14)12-6-4-3-5-7-12/h3-7,11,14H,8-10H2,1-2H3. The van der Waals surface area contributed by atoms with E-state index in [2.05, 4.69) is 5.16 Å². The highest BCUT2D eigenvalue weighted by atomic mass is 16.6. The molecule has 2 aliphatic heterocycles. The van der Waals surface area contributed by atoms with Crippen LogP contribution in [0.1, 0.15) is 25.8 Å². The molecule has 3 amide bonds. The molecule has 6 nitrogen and oxygen atoms in total. The van der Waals surface area contributed by atoms with Crippen molar-refractivity contribution in [3.63, 3.8) is 0 Å². The molecule has 0 saturated carbocycles. The minimum atomic E-state index is -0.703. The molecule has 0 N–H and O–H groups in total. The lowest BCUT2D eigenvalue weighted by atomic mass is 10.0. The van der Waals surface area contributed by atoms with Crippen LogP contribution in [0.5, 0.6) is 0 Å². The third-order valence-corrected chi connectivity index (χ3v) is 3.98. The quantitative estimate of drug-likeness (QED) is 0.856. The van der Waals surface area contributed by atoms with Gasteiger partial charge in [-0.1, -0.05) is 35.5 Å². The molecule has 1 saturated heterocycles. The molecule has 0 bridgehead atoms. The summed E-state index contributed by atoms with van der Waals surface area (Å²) in [5.41, 5.74) is 1.68. The van der Waals surface area contributed by atoms with Gasteiger partial charge in [0.15, 0.2) is 0 Å². The molecule has 1 atom stereocenters. The van der Waals surface area contributed by atoms with Crippen molar-refractivity contribution < 1.29 is 14.4 Å². The maximum absolute atomic E-state index is 12.5. The highest BCUT2D eigenvalue weighted by Crippen LogP contribution is 2.21. The molecular formula is C16H19N3O3. The molecule has 1 fully saturated rings. The average molecular weight is 301 g/mol. The molecular weight excluding hydrogens is 282 g/mol. The third-order valence-electron chi connectivity index (χ3n) is 3.98. The first-order valence-electron chi connectivity index (χ1n) is 7.48. The number of oxime groups is 1. The summed E-state index contributed by atoms with van der Waals surface area (Å²) in [7, 11) is 0. The Kier molecular flexibility index (Phi) is 3.83. The number of benzene rings is 1. The van der Waals surface area contributed by atoms with Crippen LogP contribution in [0.4, 0.5) is 4.79 Å². The Balaban J connectivity index is 1.65. The fourth-order valence-corrected chi connectivity index (χ4v) is 2.72. The lowest BCUT2D eigenvalue weighted by Crippen LogP contribution is -2.43. The summed E-state index contributed by atoms with van der Waals surface area (Å²) in [4.78, 5) is 32.9. The van der Waals surface area contributed by atoms with Gasteiger partial charge in [0.1, 0.15) is 0 Å². The first-order chi connectivity index (χ1) is 10.6. The SMILES string of the molecule is CC(C)N1CCN(C(=O)C2CC(c3ccccc3)=NO2)C1=O. The lowest BCUT2D eigenvalue weighted by Gasteiger charge is -2.21. The van der Waals surface area contributed by atoms with Crippen LogP contribution in [0.15, 0.2) is 35.5 Å². The van der Waals surface area contributed by atoms with E-state index in [-0.39, 0.29) is 18.0 Å². The fraction of sp³-hybridized carbons (Fsp3) is 0.438. The molecule has 6 heteroatoms. The Bertz CT molecular complexity index is 612. The summed E-state index contributed by atoms with van der Waals surface area (Å²) in [6.07, 6.45) is -0.305. The Morgan fingerprint density at radius 3 is 2.64 bits per heavy atom. The monoisotopic (exact) mass is 301 g/mol. The Morgan fingerprint density at radius 2 is 2.00 bits per heavy atom. The summed E-state index contributed by atoms with van der Waals surface area (Å²) < 4.78 is 0. The van der Waals surface area contributed by atoms with Crippen molar-refractivity contribution in [1.29, 1.82) is 0 Å². The molecule has 1 unspecified atom stereocenters. The Hall–Kier alpha value is -2.37. The van der Waals surface area contributed by atoms with Gasteiger partial charge in [-0.25, -0.2) is 4.79 Å². The first kappa shape index (κ1) is 14.6. The zero-order valence-electron chi connectivity index (χ0n) is 12.7. The van der Waals surface area contributed by atoms with Crippen LogP contribution >= 0.6 is 0 Å². The van der Waals surface area contributed by atoms with Crippen molar-refractivity contribution in [3.8, 4) is 0 Å². The number of carbonyl (C=O) groups is 2. The molecule has 1 aromatic carbocycles. The van der Waals surface area contributed by atoms with Crippen molar-refractivity contribution in [3.05, 3.63) is 35.9 Å². The van der Waals surface area contributed by atoms with Gasteiger partial charge in [0.2, 0.25) is 6.10 Å². The van der Waals surface area contributed by atoms with E-state index in [4.69, 9.17) is 4.84 Å². The molecule has 22 heavy (non-hydrogen) atoms. The highest BCUT2D eigenvalue weighted by molar-refractivity contribution is 6.06. The van der Waals surface area contributed by atoms with E-state index >= 15 is 0 Å². The van der Waals surface area contributed by atoms with Crippen molar-refractivity contribution >= 4 is 17.6 Å². The molecule has 116 valence electrons. The van der Waals surface area contributed by atoms with E-state index in [1.807, 2.05) is 44.2 Å². The minimum Gasteiger partial charge on any atom is -0.382 e. The van der Waals surface area contributed by atoms with Gasteiger partial charge in [-0.2, -0.15) is 0 Å². The maximum atomic E-state index is 12.5. The predicted octanol–water partition coefficient (Wildman–Crippen LogP) is 1.85. The van der Waals surface area contributed by atoms with E-state index in [0.717, 1.165) is 11.3 Å². The predicted molar refractivity (Wildman–Crippen MR) is 81.4 cm³/mol. The van der Waals surface area contributed by atoms with E-state index in [9.17, 15) is 9.59 Å². The van der Waals surface area contributed by atoms with Gasteiger partial charge in [0, 0.05) is 25.6 Å². The number of hydrogen-bond donors (Lipinski definition) is 0. The second-order valence-corrected chi connectivity index (χ2v) is 5.76. The second kappa shape index (κ2) is 5.79.